The lowest BCUT2D eigenvalue weighted by Gasteiger charge is -2.09. The van der Waals surface area contributed by atoms with E-state index in [1.54, 1.807) is 0 Å². The number of nitrogens with zero attached hydrogens (tertiary/aromatic N) is 3. The van der Waals surface area contributed by atoms with E-state index in [0.29, 0.717) is 31.3 Å². The maximum absolute atomic E-state index is 5.74. The van der Waals surface area contributed by atoms with Gasteiger partial charge in [-0.3, -0.25) is 4.98 Å². The largest absolute Gasteiger partial charge is 0.484 e. The molecule has 0 spiro atoms. The van der Waals surface area contributed by atoms with Gasteiger partial charge in [-0.15, -0.1) is 0 Å². The lowest BCUT2D eigenvalue weighted by atomic mass is 10.2. The van der Waals surface area contributed by atoms with Crippen LogP contribution in [0.15, 0.2) is 16.7 Å². The topological polar surface area (TPSA) is 87.1 Å². The Bertz CT molecular complexity index is 593. The van der Waals surface area contributed by atoms with Gasteiger partial charge in [0.2, 0.25) is 11.7 Å². The number of nitrogens with two attached hydrogens (primary N) is 1. The summed E-state index contributed by atoms with van der Waals surface area (Å²) in [7, 11) is 0. The van der Waals surface area contributed by atoms with Gasteiger partial charge >= 0.3 is 0 Å². The third kappa shape index (κ3) is 2.96. The van der Waals surface area contributed by atoms with Crippen molar-refractivity contribution in [2.75, 3.05) is 6.54 Å². The molecule has 1 aliphatic carbocycles. The first kappa shape index (κ1) is 13.1. The van der Waals surface area contributed by atoms with E-state index in [9.17, 15) is 0 Å². The van der Waals surface area contributed by atoms with Crippen molar-refractivity contribution in [1.29, 1.82) is 0 Å². The summed E-state index contributed by atoms with van der Waals surface area (Å²) in [4.78, 5) is 8.78. The quantitative estimate of drug-likeness (QED) is 0.863. The molecule has 2 heterocycles. The molecule has 2 N–H and O–H groups in total. The number of aromatic nitrogens is 3. The fourth-order valence-corrected chi connectivity index (χ4v) is 2.01. The third-order valence-electron chi connectivity index (χ3n) is 3.22. The van der Waals surface area contributed by atoms with E-state index in [4.69, 9.17) is 15.0 Å². The number of hydrogen-bond acceptors (Lipinski definition) is 6. The molecule has 106 valence electrons. The van der Waals surface area contributed by atoms with Crippen LogP contribution < -0.4 is 10.5 Å². The minimum Gasteiger partial charge on any atom is -0.484 e. The molecule has 0 saturated heterocycles. The Balaban J connectivity index is 1.67. The van der Waals surface area contributed by atoms with E-state index in [0.717, 1.165) is 35.9 Å². The summed E-state index contributed by atoms with van der Waals surface area (Å²) in [5.41, 5.74) is 7.42. The molecular weight excluding hydrogens is 256 g/mol. The Kier molecular flexibility index (Phi) is 3.64. The number of hydrogen-bond donors (Lipinski definition) is 1. The van der Waals surface area contributed by atoms with E-state index in [1.807, 2.05) is 19.1 Å². The molecule has 0 radical (unpaired) electrons. The first-order valence-corrected chi connectivity index (χ1v) is 6.88. The van der Waals surface area contributed by atoms with Gasteiger partial charge in [-0.2, -0.15) is 4.98 Å². The van der Waals surface area contributed by atoms with E-state index >= 15 is 0 Å². The zero-order valence-electron chi connectivity index (χ0n) is 11.5. The summed E-state index contributed by atoms with van der Waals surface area (Å²) in [6, 6.07) is 3.83. The van der Waals surface area contributed by atoms with Crippen LogP contribution >= 0.6 is 0 Å². The summed E-state index contributed by atoms with van der Waals surface area (Å²) in [5, 5.41) is 3.93. The summed E-state index contributed by atoms with van der Waals surface area (Å²) in [6.45, 7) is 2.78. The maximum Gasteiger partial charge on any atom is 0.229 e. The van der Waals surface area contributed by atoms with Gasteiger partial charge in [0.05, 0.1) is 5.69 Å². The Morgan fingerprint density at radius 1 is 1.35 bits per heavy atom. The number of ether oxygens (including phenoxy) is 1. The summed E-state index contributed by atoms with van der Waals surface area (Å²) < 4.78 is 10.9. The first-order valence-electron chi connectivity index (χ1n) is 6.88. The third-order valence-corrected chi connectivity index (χ3v) is 3.22. The van der Waals surface area contributed by atoms with Crippen molar-refractivity contribution in [2.24, 2.45) is 5.73 Å². The van der Waals surface area contributed by atoms with Crippen molar-refractivity contribution < 1.29 is 9.26 Å². The molecule has 3 rings (SSSR count). The van der Waals surface area contributed by atoms with Crippen molar-refractivity contribution in [2.45, 2.75) is 38.7 Å². The van der Waals surface area contributed by atoms with E-state index < -0.39 is 0 Å². The van der Waals surface area contributed by atoms with Crippen LogP contribution in [-0.2, 0) is 13.0 Å². The highest BCUT2D eigenvalue weighted by Gasteiger charge is 2.29. The van der Waals surface area contributed by atoms with Crippen molar-refractivity contribution in [3.8, 4) is 5.75 Å². The number of pyridine rings is 1. The molecule has 2 aromatic heterocycles. The fourth-order valence-electron chi connectivity index (χ4n) is 2.01. The van der Waals surface area contributed by atoms with E-state index in [2.05, 4.69) is 15.1 Å². The Morgan fingerprint density at radius 2 is 2.20 bits per heavy atom. The van der Waals surface area contributed by atoms with Gasteiger partial charge in [0.1, 0.15) is 5.75 Å². The molecule has 6 heteroatoms. The fraction of sp³-hybridized carbons (Fsp3) is 0.500. The van der Waals surface area contributed by atoms with Gasteiger partial charge in [-0.05, 0) is 38.4 Å². The Labute approximate surface area is 117 Å². The first-order chi connectivity index (χ1) is 9.76. The molecule has 1 saturated carbocycles. The lowest BCUT2D eigenvalue weighted by Crippen LogP contribution is -2.08. The van der Waals surface area contributed by atoms with Gasteiger partial charge in [-0.25, -0.2) is 0 Å². The average Bonchev–Trinajstić information content (AvgIpc) is 3.18. The second-order valence-electron chi connectivity index (χ2n) is 5.05. The molecule has 0 aliphatic heterocycles. The van der Waals surface area contributed by atoms with Crippen molar-refractivity contribution in [1.82, 2.24) is 15.1 Å². The van der Waals surface area contributed by atoms with Crippen LogP contribution in [0.1, 0.15) is 41.9 Å². The van der Waals surface area contributed by atoms with E-state index in [1.165, 1.54) is 0 Å². The van der Waals surface area contributed by atoms with Gasteiger partial charge < -0.3 is 15.0 Å². The predicted molar refractivity (Wildman–Crippen MR) is 72.3 cm³/mol. The minimum absolute atomic E-state index is 0.290. The molecule has 0 atom stereocenters. The highest BCUT2D eigenvalue weighted by Crippen LogP contribution is 2.38. The standard InChI is InChI=1S/C14H18N4O2/c1-9-2-5-12(11(16-9)6-7-15)19-8-13-17-14(20-18-13)10-3-4-10/h2,5,10H,3-4,6-8,15H2,1H3. The van der Waals surface area contributed by atoms with E-state index in [-0.39, 0.29) is 0 Å². The molecule has 0 amide bonds. The zero-order chi connectivity index (χ0) is 13.9. The van der Waals surface area contributed by atoms with Crippen molar-refractivity contribution in [3.63, 3.8) is 0 Å². The number of rotatable bonds is 6. The highest BCUT2D eigenvalue weighted by molar-refractivity contribution is 5.29. The molecule has 20 heavy (non-hydrogen) atoms. The van der Waals surface area contributed by atoms with Crippen LogP contribution in [0.25, 0.3) is 0 Å². The van der Waals surface area contributed by atoms with Crippen LogP contribution in [-0.4, -0.2) is 21.7 Å². The second-order valence-corrected chi connectivity index (χ2v) is 5.05. The normalized spacial score (nSPS) is 14.5. The molecule has 6 nitrogen and oxygen atoms in total. The SMILES string of the molecule is Cc1ccc(OCc2noc(C3CC3)n2)c(CCN)n1. The molecule has 0 aromatic carbocycles. The monoisotopic (exact) mass is 274 g/mol. The van der Waals surface area contributed by atoms with Crippen LogP contribution in [0.4, 0.5) is 0 Å². The van der Waals surface area contributed by atoms with Crippen molar-refractivity contribution in [3.05, 3.63) is 35.2 Å². The molecule has 1 aliphatic rings. The van der Waals surface area contributed by atoms with Gasteiger partial charge in [-0.1, -0.05) is 5.16 Å². The Hall–Kier alpha value is -1.95. The van der Waals surface area contributed by atoms with Gasteiger partial charge in [0, 0.05) is 18.0 Å². The molecule has 0 bridgehead atoms. The average molecular weight is 274 g/mol. The smallest absolute Gasteiger partial charge is 0.229 e. The molecular formula is C14H18N4O2. The zero-order valence-corrected chi connectivity index (χ0v) is 11.5. The van der Waals surface area contributed by atoms with Gasteiger partial charge in [0.15, 0.2) is 6.61 Å². The van der Waals surface area contributed by atoms with Crippen LogP contribution in [0.2, 0.25) is 0 Å². The maximum atomic E-state index is 5.74. The molecule has 1 fully saturated rings. The molecule has 0 unspecified atom stereocenters. The summed E-state index contributed by atoms with van der Waals surface area (Å²) in [6.07, 6.45) is 2.98. The summed E-state index contributed by atoms with van der Waals surface area (Å²) in [5.74, 6) is 2.50. The lowest BCUT2D eigenvalue weighted by molar-refractivity contribution is 0.281. The predicted octanol–water partition coefficient (Wildman–Crippen LogP) is 1.73. The van der Waals surface area contributed by atoms with Crippen LogP contribution in [0.3, 0.4) is 0 Å². The van der Waals surface area contributed by atoms with Gasteiger partial charge in [0.25, 0.3) is 0 Å². The van der Waals surface area contributed by atoms with Crippen LogP contribution in [0.5, 0.6) is 5.75 Å². The molecule has 2 aromatic rings. The number of aryl methyl sites for hydroxylation is 1. The Morgan fingerprint density at radius 3 is 2.95 bits per heavy atom. The van der Waals surface area contributed by atoms with Crippen LogP contribution in [0, 0.1) is 6.92 Å². The van der Waals surface area contributed by atoms with Crippen molar-refractivity contribution >= 4 is 0 Å². The minimum atomic E-state index is 0.290. The second kappa shape index (κ2) is 5.58. The highest BCUT2D eigenvalue weighted by atomic mass is 16.5. The summed E-state index contributed by atoms with van der Waals surface area (Å²) >= 11 is 0.